The molecule has 0 saturated carbocycles. The highest BCUT2D eigenvalue weighted by atomic mass is 79.9. The maximum Gasteiger partial charge on any atom is 0.231 e. The fourth-order valence-electron chi connectivity index (χ4n) is 3.04. The summed E-state index contributed by atoms with van der Waals surface area (Å²) in [4.78, 5) is 6.80. The van der Waals surface area contributed by atoms with Gasteiger partial charge in [-0.15, -0.1) is 0 Å². The van der Waals surface area contributed by atoms with E-state index in [0.717, 1.165) is 40.6 Å². The molecular weight excluding hydrogens is 372 g/mol. The van der Waals surface area contributed by atoms with Crippen molar-refractivity contribution in [3.63, 3.8) is 0 Å². The van der Waals surface area contributed by atoms with Gasteiger partial charge < -0.3 is 25.0 Å². The van der Waals surface area contributed by atoms with Crippen molar-refractivity contribution in [3.8, 4) is 11.5 Å². The number of piperidine rings is 1. The van der Waals surface area contributed by atoms with Crippen molar-refractivity contribution in [1.82, 2.24) is 15.5 Å². The number of nitrogens with zero attached hydrogens (tertiary/aromatic N) is 2. The van der Waals surface area contributed by atoms with Gasteiger partial charge >= 0.3 is 0 Å². The number of aliphatic imine (C=N–C) groups is 1. The molecule has 1 aromatic rings. The van der Waals surface area contributed by atoms with Crippen molar-refractivity contribution >= 4 is 21.9 Å². The molecule has 24 heavy (non-hydrogen) atoms. The summed E-state index contributed by atoms with van der Waals surface area (Å²) >= 11 is 3.52. The Balaban J connectivity index is 1.45. The van der Waals surface area contributed by atoms with Crippen LogP contribution in [0, 0.1) is 0 Å². The molecule has 0 aliphatic carbocycles. The molecule has 0 unspecified atom stereocenters. The van der Waals surface area contributed by atoms with Crippen molar-refractivity contribution in [2.45, 2.75) is 25.8 Å². The zero-order valence-electron chi connectivity index (χ0n) is 14.1. The van der Waals surface area contributed by atoms with Gasteiger partial charge in [0.15, 0.2) is 17.5 Å². The number of hydrogen-bond donors (Lipinski definition) is 2. The van der Waals surface area contributed by atoms with Gasteiger partial charge in [-0.25, -0.2) is 0 Å². The van der Waals surface area contributed by atoms with Crippen LogP contribution in [0.4, 0.5) is 0 Å². The van der Waals surface area contributed by atoms with Gasteiger partial charge in [0.2, 0.25) is 6.79 Å². The highest BCUT2D eigenvalue weighted by Crippen LogP contribution is 2.39. The predicted octanol–water partition coefficient (Wildman–Crippen LogP) is 2.33. The molecule has 1 aromatic carbocycles. The smallest absolute Gasteiger partial charge is 0.231 e. The van der Waals surface area contributed by atoms with Crippen molar-refractivity contribution < 1.29 is 9.47 Å². The van der Waals surface area contributed by atoms with Crippen LogP contribution in [0.25, 0.3) is 0 Å². The molecule has 6 nitrogen and oxygen atoms in total. The standard InChI is InChI=1S/C17H25BrN4O2/c1-19-17(20-5-8-22-6-3-2-4-7-22)21-11-13-9-14(18)16-15(10-13)23-12-24-16/h9-10H,2-8,11-12H2,1H3,(H2,19,20,21). The molecule has 2 heterocycles. The lowest BCUT2D eigenvalue weighted by Gasteiger charge is -2.26. The lowest BCUT2D eigenvalue weighted by molar-refractivity contribution is 0.173. The lowest BCUT2D eigenvalue weighted by Crippen LogP contribution is -2.42. The van der Waals surface area contributed by atoms with Gasteiger partial charge in [0.1, 0.15) is 0 Å². The molecule has 0 atom stereocenters. The van der Waals surface area contributed by atoms with Crippen molar-refractivity contribution in [2.24, 2.45) is 4.99 Å². The van der Waals surface area contributed by atoms with Gasteiger partial charge in [0.25, 0.3) is 0 Å². The highest BCUT2D eigenvalue weighted by molar-refractivity contribution is 9.10. The van der Waals surface area contributed by atoms with Crippen LogP contribution in [0.5, 0.6) is 11.5 Å². The number of likely N-dealkylation sites (tertiary alicyclic amines) is 1. The Hall–Kier alpha value is -1.47. The fraction of sp³-hybridized carbons (Fsp3) is 0.588. The number of hydrogen-bond acceptors (Lipinski definition) is 4. The minimum atomic E-state index is 0.282. The first-order valence-electron chi connectivity index (χ1n) is 8.51. The number of nitrogens with one attached hydrogen (secondary N) is 2. The average Bonchev–Trinajstić information content (AvgIpc) is 3.08. The third-order valence-corrected chi connectivity index (χ3v) is 4.93. The molecule has 2 aliphatic rings. The Labute approximate surface area is 151 Å². The quantitative estimate of drug-likeness (QED) is 0.590. The average molecular weight is 397 g/mol. The van der Waals surface area contributed by atoms with Gasteiger partial charge in [-0.2, -0.15) is 0 Å². The van der Waals surface area contributed by atoms with E-state index in [4.69, 9.17) is 9.47 Å². The van der Waals surface area contributed by atoms with Crippen LogP contribution < -0.4 is 20.1 Å². The van der Waals surface area contributed by atoms with Crippen LogP contribution in [0.1, 0.15) is 24.8 Å². The second-order valence-electron chi connectivity index (χ2n) is 6.07. The summed E-state index contributed by atoms with van der Waals surface area (Å²) in [6.07, 6.45) is 4.02. The molecule has 1 saturated heterocycles. The first-order chi connectivity index (χ1) is 11.8. The number of guanidine groups is 1. The predicted molar refractivity (Wildman–Crippen MR) is 98.8 cm³/mol. The largest absolute Gasteiger partial charge is 0.454 e. The normalized spacial score (nSPS) is 17.8. The van der Waals surface area contributed by atoms with Crippen LogP contribution in [-0.4, -0.2) is 50.9 Å². The Morgan fingerprint density at radius 1 is 1.21 bits per heavy atom. The summed E-state index contributed by atoms with van der Waals surface area (Å²) in [5.41, 5.74) is 1.12. The molecule has 2 N–H and O–H groups in total. The zero-order valence-corrected chi connectivity index (χ0v) is 15.7. The zero-order chi connectivity index (χ0) is 16.8. The maximum atomic E-state index is 5.45. The van der Waals surface area contributed by atoms with Gasteiger partial charge in [-0.1, -0.05) is 6.42 Å². The molecule has 0 amide bonds. The Bertz CT molecular complexity index is 588. The summed E-state index contributed by atoms with van der Waals surface area (Å²) < 4.78 is 11.8. The van der Waals surface area contributed by atoms with Crippen LogP contribution in [0.2, 0.25) is 0 Å². The number of halogens is 1. The SMILES string of the molecule is CN=C(NCCN1CCCCC1)NCc1cc(Br)c2c(c1)OCO2. The number of rotatable bonds is 5. The third kappa shape index (κ3) is 4.54. The summed E-state index contributed by atoms with van der Waals surface area (Å²) in [5, 5.41) is 6.73. The summed E-state index contributed by atoms with van der Waals surface area (Å²) in [6.45, 7) is 5.38. The molecule has 0 radical (unpaired) electrons. The topological polar surface area (TPSA) is 58.1 Å². The molecule has 0 spiro atoms. The minimum Gasteiger partial charge on any atom is -0.454 e. The number of ether oxygens (including phenoxy) is 2. The van der Waals surface area contributed by atoms with Gasteiger partial charge in [0, 0.05) is 26.7 Å². The van der Waals surface area contributed by atoms with E-state index in [-0.39, 0.29) is 6.79 Å². The van der Waals surface area contributed by atoms with E-state index in [2.05, 4.69) is 36.5 Å². The number of fused-ring (bicyclic) bond motifs is 1. The molecule has 1 fully saturated rings. The first-order valence-corrected chi connectivity index (χ1v) is 9.30. The summed E-state index contributed by atoms with van der Waals surface area (Å²) in [5.74, 6) is 2.39. The van der Waals surface area contributed by atoms with E-state index >= 15 is 0 Å². The monoisotopic (exact) mass is 396 g/mol. The Morgan fingerprint density at radius 3 is 2.83 bits per heavy atom. The van der Waals surface area contributed by atoms with E-state index in [1.165, 1.54) is 32.4 Å². The van der Waals surface area contributed by atoms with Crippen LogP contribution in [-0.2, 0) is 6.54 Å². The Morgan fingerprint density at radius 2 is 2.04 bits per heavy atom. The molecule has 0 bridgehead atoms. The molecule has 0 aromatic heterocycles. The van der Waals surface area contributed by atoms with Crippen LogP contribution >= 0.6 is 15.9 Å². The second kappa shape index (κ2) is 8.58. The van der Waals surface area contributed by atoms with Gasteiger partial charge in [-0.05, 0) is 59.6 Å². The summed E-state index contributed by atoms with van der Waals surface area (Å²) in [7, 11) is 1.80. The second-order valence-corrected chi connectivity index (χ2v) is 6.92. The van der Waals surface area contributed by atoms with E-state index in [0.29, 0.717) is 6.54 Å². The van der Waals surface area contributed by atoms with E-state index in [9.17, 15) is 0 Å². The molecule has 7 heteroatoms. The highest BCUT2D eigenvalue weighted by Gasteiger charge is 2.18. The van der Waals surface area contributed by atoms with Crippen molar-refractivity contribution in [1.29, 1.82) is 0 Å². The molecule has 3 rings (SSSR count). The molecular formula is C17H25BrN4O2. The van der Waals surface area contributed by atoms with Crippen LogP contribution in [0.3, 0.4) is 0 Å². The first kappa shape index (κ1) is 17.4. The van der Waals surface area contributed by atoms with Crippen LogP contribution in [0.15, 0.2) is 21.6 Å². The Kier molecular flexibility index (Phi) is 6.20. The van der Waals surface area contributed by atoms with E-state index in [1.807, 2.05) is 12.1 Å². The lowest BCUT2D eigenvalue weighted by atomic mass is 10.1. The summed E-state index contributed by atoms with van der Waals surface area (Å²) in [6, 6.07) is 4.04. The van der Waals surface area contributed by atoms with Crippen molar-refractivity contribution in [2.75, 3.05) is 40.0 Å². The van der Waals surface area contributed by atoms with E-state index in [1.54, 1.807) is 7.05 Å². The molecule has 2 aliphatic heterocycles. The minimum absolute atomic E-state index is 0.282. The fourth-order valence-corrected chi connectivity index (χ4v) is 3.65. The van der Waals surface area contributed by atoms with Crippen molar-refractivity contribution in [3.05, 3.63) is 22.2 Å². The number of benzene rings is 1. The van der Waals surface area contributed by atoms with E-state index < -0.39 is 0 Å². The molecule has 132 valence electrons. The maximum absolute atomic E-state index is 5.45. The van der Waals surface area contributed by atoms with Gasteiger partial charge in [-0.3, -0.25) is 4.99 Å². The van der Waals surface area contributed by atoms with Gasteiger partial charge in [0.05, 0.1) is 4.47 Å². The third-order valence-electron chi connectivity index (χ3n) is 4.34.